The molecule has 0 radical (unpaired) electrons. The predicted octanol–water partition coefficient (Wildman–Crippen LogP) is 3.30. The summed E-state index contributed by atoms with van der Waals surface area (Å²) in [7, 11) is 0. The van der Waals surface area contributed by atoms with E-state index in [4.69, 9.17) is 4.74 Å². The first-order valence-electron chi connectivity index (χ1n) is 8.49. The maximum absolute atomic E-state index is 12.7. The van der Waals surface area contributed by atoms with Gasteiger partial charge in [-0.2, -0.15) is 0 Å². The number of ether oxygens (including phenoxy) is 1. The number of esters is 1. The van der Waals surface area contributed by atoms with Crippen molar-refractivity contribution in [2.24, 2.45) is 4.99 Å². The lowest BCUT2D eigenvalue weighted by Crippen LogP contribution is -2.40. The Morgan fingerprint density at radius 3 is 2.59 bits per heavy atom. The molecule has 2 rings (SSSR count). The zero-order valence-electron chi connectivity index (χ0n) is 15.7. The molecule has 0 N–H and O–H groups in total. The zero-order valence-corrected chi connectivity index (χ0v) is 16.5. The second-order valence-electron chi connectivity index (χ2n) is 6.35. The van der Waals surface area contributed by atoms with Crippen LogP contribution >= 0.6 is 11.8 Å². The van der Waals surface area contributed by atoms with E-state index in [1.165, 1.54) is 6.92 Å². The summed E-state index contributed by atoms with van der Waals surface area (Å²) in [6.07, 6.45) is 0. The molecular formula is C19H22N2O5S. The van der Waals surface area contributed by atoms with E-state index >= 15 is 0 Å². The van der Waals surface area contributed by atoms with E-state index in [0.29, 0.717) is 22.7 Å². The molecule has 0 bridgehead atoms. The van der Waals surface area contributed by atoms with Crippen molar-refractivity contribution in [2.75, 3.05) is 12.4 Å². The third kappa shape index (κ3) is 5.03. The van der Waals surface area contributed by atoms with Crippen LogP contribution in [0.1, 0.15) is 37.8 Å². The van der Waals surface area contributed by atoms with Crippen molar-refractivity contribution in [3.63, 3.8) is 0 Å². The maximum Gasteiger partial charge on any atom is 0.336 e. The van der Waals surface area contributed by atoms with Crippen molar-refractivity contribution in [1.82, 2.24) is 0 Å². The number of carbonyl (C=O) groups is 2. The van der Waals surface area contributed by atoms with Crippen LogP contribution in [0.25, 0.3) is 0 Å². The molecule has 1 aliphatic heterocycles. The number of thioether (sulfide) groups is 1. The molecule has 2 unspecified atom stereocenters. The van der Waals surface area contributed by atoms with E-state index in [-0.39, 0.29) is 17.3 Å². The lowest BCUT2D eigenvalue weighted by Gasteiger charge is -2.27. The molecule has 0 saturated carbocycles. The van der Waals surface area contributed by atoms with Crippen molar-refractivity contribution >= 4 is 28.6 Å². The molecule has 0 spiro atoms. The molecule has 1 aliphatic rings. The fourth-order valence-electron chi connectivity index (χ4n) is 3.17. The SMILES string of the molecule is CC(=O)SCCOC(=O)C1=C(C)N=C(C)C([N+](=O)[O-])C1c1cccc(C)c1. The zero-order chi connectivity index (χ0) is 20.1. The standard InChI is InChI=1S/C19H22N2O5S/c1-11-6-5-7-15(10-11)17-16(19(23)26-8-9-27-14(4)22)12(2)20-13(3)18(17)21(24)25/h5-7,10,17-18H,8-9H2,1-4H3. The summed E-state index contributed by atoms with van der Waals surface area (Å²) in [4.78, 5) is 39.3. The predicted molar refractivity (Wildman–Crippen MR) is 105 cm³/mol. The van der Waals surface area contributed by atoms with Crippen LogP contribution in [0.2, 0.25) is 0 Å². The molecule has 0 aromatic heterocycles. The number of aliphatic imine (C=N–C) groups is 1. The Bertz CT molecular complexity index is 831. The van der Waals surface area contributed by atoms with Gasteiger partial charge in [0.2, 0.25) is 0 Å². The van der Waals surface area contributed by atoms with Gasteiger partial charge in [0.1, 0.15) is 6.61 Å². The average molecular weight is 390 g/mol. The Morgan fingerprint density at radius 2 is 2.00 bits per heavy atom. The minimum absolute atomic E-state index is 0.0478. The van der Waals surface area contributed by atoms with Gasteiger partial charge in [-0.05, 0) is 26.3 Å². The van der Waals surface area contributed by atoms with Gasteiger partial charge >= 0.3 is 5.97 Å². The summed E-state index contributed by atoms with van der Waals surface area (Å²) in [6, 6.07) is 6.18. The molecule has 0 amide bonds. The number of allylic oxidation sites excluding steroid dienone is 1. The minimum atomic E-state index is -1.13. The lowest BCUT2D eigenvalue weighted by atomic mass is 9.80. The Hall–Kier alpha value is -2.48. The number of carbonyl (C=O) groups excluding carboxylic acids is 2. The van der Waals surface area contributed by atoms with Crippen molar-refractivity contribution in [2.45, 2.75) is 39.7 Å². The largest absolute Gasteiger partial charge is 0.461 e. The Balaban J connectivity index is 2.40. The summed E-state index contributed by atoms with van der Waals surface area (Å²) in [5.41, 5.74) is 2.59. The van der Waals surface area contributed by atoms with Crippen LogP contribution in [-0.4, -0.2) is 40.1 Å². The summed E-state index contributed by atoms with van der Waals surface area (Å²) in [5, 5.41) is 11.7. The third-order valence-electron chi connectivity index (χ3n) is 4.26. The normalized spacial score (nSPS) is 19.5. The Kier molecular flexibility index (Phi) is 6.90. The molecule has 8 heteroatoms. The van der Waals surface area contributed by atoms with Gasteiger partial charge in [0.05, 0.1) is 17.2 Å². The van der Waals surface area contributed by atoms with Crippen molar-refractivity contribution in [3.05, 3.63) is 56.8 Å². The van der Waals surface area contributed by atoms with E-state index in [0.717, 1.165) is 17.3 Å². The molecule has 2 atom stereocenters. The fourth-order valence-corrected chi connectivity index (χ4v) is 3.63. The molecule has 0 aliphatic carbocycles. The second-order valence-corrected chi connectivity index (χ2v) is 7.62. The van der Waals surface area contributed by atoms with Crippen LogP contribution in [0.5, 0.6) is 0 Å². The number of aryl methyl sites for hydroxylation is 1. The van der Waals surface area contributed by atoms with Crippen LogP contribution in [-0.2, 0) is 14.3 Å². The molecule has 1 heterocycles. The van der Waals surface area contributed by atoms with Crippen LogP contribution in [0.4, 0.5) is 0 Å². The smallest absolute Gasteiger partial charge is 0.336 e. The van der Waals surface area contributed by atoms with E-state index in [1.807, 2.05) is 25.1 Å². The number of hydrogen-bond donors (Lipinski definition) is 0. The van der Waals surface area contributed by atoms with E-state index in [2.05, 4.69) is 4.99 Å². The van der Waals surface area contributed by atoms with Crippen LogP contribution in [0.15, 0.2) is 40.5 Å². The molecule has 7 nitrogen and oxygen atoms in total. The van der Waals surface area contributed by atoms with Crippen molar-refractivity contribution < 1.29 is 19.2 Å². The second kappa shape index (κ2) is 8.94. The highest BCUT2D eigenvalue weighted by Crippen LogP contribution is 2.37. The molecule has 27 heavy (non-hydrogen) atoms. The summed E-state index contributed by atoms with van der Waals surface area (Å²) >= 11 is 1.06. The van der Waals surface area contributed by atoms with Crippen LogP contribution < -0.4 is 0 Å². The first-order chi connectivity index (χ1) is 12.7. The molecule has 1 aromatic carbocycles. The topological polar surface area (TPSA) is 98.9 Å². The lowest BCUT2D eigenvalue weighted by molar-refractivity contribution is -0.505. The first-order valence-corrected chi connectivity index (χ1v) is 9.47. The van der Waals surface area contributed by atoms with Crippen molar-refractivity contribution in [3.8, 4) is 0 Å². The Labute approximate surface area is 162 Å². The van der Waals surface area contributed by atoms with Gasteiger partial charge < -0.3 is 4.74 Å². The van der Waals surface area contributed by atoms with Gasteiger partial charge in [0.15, 0.2) is 5.12 Å². The van der Waals surface area contributed by atoms with E-state index in [1.54, 1.807) is 19.9 Å². The summed E-state index contributed by atoms with van der Waals surface area (Å²) in [5.74, 6) is -1.07. The number of nitrogens with zero attached hydrogens (tertiary/aromatic N) is 2. The number of benzene rings is 1. The van der Waals surface area contributed by atoms with Gasteiger partial charge in [-0.1, -0.05) is 41.6 Å². The summed E-state index contributed by atoms with van der Waals surface area (Å²) in [6.45, 7) is 6.64. The first kappa shape index (κ1) is 20.8. The highest BCUT2D eigenvalue weighted by Gasteiger charge is 2.44. The van der Waals surface area contributed by atoms with Crippen LogP contribution in [0, 0.1) is 17.0 Å². The minimum Gasteiger partial charge on any atom is -0.461 e. The van der Waals surface area contributed by atoms with Gasteiger partial charge in [-0.25, -0.2) is 4.79 Å². The number of nitro groups is 1. The van der Waals surface area contributed by atoms with Gasteiger partial charge in [-0.3, -0.25) is 19.9 Å². The number of rotatable bonds is 6. The van der Waals surface area contributed by atoms with Crippen LogP contribution in [0.3, 0.4) is 0 Å². The van der Waals surface area contributed by atoms with E-state index < -0.39 is 22.9 Å². The van der Waals surface area contributed by atoms with Crippen molar-refractivity contribution in [1.29, 1.82) is 0 Å². The van der Waals surface area contributed by atoms with Gasteiger partial charge in [-0.15, -0.1) is 0 Å². The number of hydrogen-bond acceptors (Lipinski definition) is 7. The Morgan fingerprint density at radius 1 is 1.30 bits per heavy atom. The average Bonchev–Trinajstić information content (AvgIpc) is 2.57. The monoisotopic (exact) mass is 390 g/mol. The highest BCUT2D eigenvalue weighted by atomic mass is 32.2. The quantitative estimate of drug-likeness (QED) is 0.320. The fraction of sp³-hybridized carbons (Fsp3) is 0.421. The molecule has 0 fully saturated rings. The maximum atomic E-state index is 12.7. The highest BCUT2D eigenvalue weighted by molar-refractivity contribution is 8.13. The molecular weight excluding hydrogens is 368 g/mol. The van der Waals surface area contributed by atoms with Gasteiger partial charge in [0.25, 0.3) is 6.04 Å². The third-order valence-corrected chi connectivity index (χ3v) is 5.04. The van der Waals surface area contributed by atoms with E-state index in [9.17, 15) is 19.7 Å². The summed E-state index contributed by atoms with van der Waals surface area (Å²) < 4.78 is 5.29. The van der Waals surface area contributed by atoms with Gasteiger partial charge in [0, 0.05) is 23.3 Å². The molecule has 0 saturated heterocycles. The molecule has 144 valence electrons. The molecule has 1 aromatic rings.